The third-order valence-electron chi connectivity index (χ3n) is 3.63. The Morgan fingerprint density at radius 1 is 1.10 bits per heavy atom. The lowest BCUT2D eigenvalue weighted by Gasteiger charge is -2.16. The molecule has 0 fully saturated rings. The van der Waals surface area contributed by atoms with Gasteiger partial charge in [-0.25, -0.2) is 0 Å². The van der Waals surface area contributed by atoms with Gasteiger partial charge in [-0.1, -0.05) is 29.8 Å². The van der Waals surface area contributed by atoms with Gasteiger partial charge in [0.05, 0.1) is 10.7 Å². The van der Waals surface area contributed by atoms with E-state index < -0.39 is 0 Å². The normalized spacial score (nSPS) is 10.4. The zero-order chi connectivity index (χ0) is 14.7. The van der Waals surface area contributed by atoms with Crippen LogP contribution in [0.2, 0.25) is 5.02 Å². The largest absolute Gasteiger partial charge is 0.381 e. The van der Waals surface area contributed by atoms with Crippen LogP contribution in [0.1, 0.15) is 16.7 Å². The zero-order valence-corrected chi connectivity index (χ0v) is 13.3. The van der Waals surface area contributed by atoms with E-state index in [0.29, 0.717) is 0 Å². The van der Waals surface area contributed by atoms with Gasteiger partial charge in [0.2, 0.25) is 0 Å². The van der Waals surface area contributed by atoms with Crippen molar-refractivity contribution in [3.63, 3.8) is 0 Å². The molecule has 20 heavy (non-hydrogen) atoms. The summed E-state index contributed by atoms with van der Waals surface area (Å²) < 4.78 is 0. The van der Waals surface area contributed by atoms with Crippen molar-refractivity contribution in [3.8, 4) is 0 Å². The summed E-state index contributed by atoms with van der Waals surface area (Å²) >= 11 is 6.28. The standard InChI is InChI=1S/C17H21ClN2/c1-12-6-5-7-14(13(12)2)11-19-15-8-9-17(20(3)4)16(18)10-15/h5-10,19H,11H2,1-4H3. The summed E-state index contributed by atoms with van der Waals surface area (Å²) in [4.78, 5) is 2.01. The van der Waals surface area contributed by atoms with Crippen molar-refractivity contribution in [2.45, 2.75) is 20.4 Å². The number of hydrogen-bond donors (Lipinski definition) is 1. The summed E-state index contributed by atoms with van der Waals surface area (Å²) in [5, 5.41) is 4.20. The highest BCUT2D eigenvalue weighted by atomic mass is 35.5. The van der Waals surface area contributed by atoms with Crippen molar-refractivity contribution in [2.75, 3.05) is 24.3 Å². The number of nitrogens with one attached hydrogen (secondary N) is 1. The van der Waals surface area contributed by atoms with Crippen molar-refractivity contribution in [1.82, 2.24) is 0 Å². The molecule has 0 spiro atoms. The number of aryl methyl sites for hydroxylation is 1. The van der Waals surface area contributed by atoms with E-state index >= 15 is 0 Å². The smallest absolute Gasteiger partial charge is 0.0659 e. The Balaban J connectivity index is 2.11. The predicted molar refractivity (Wildman–Crippen MR) is 89.0 cm³/mol. The monoisotopic (exact) mass is 288 g/mol. The second-order valence-corrected chi connectivity index (χ2v) is 5.68. The molecule has 0 aromatic heterocycles. The Morgan fingerprint density at radius 2 is 1.85 bits per heavy atom. The fourth-order valence-electron chi connectivity index (χ4n) is 2.18. The van der Waals surface area contributed by atoms with E-state index in [1.54, 1.807) is 0 Å². The van der Waals surface area contributed by atoms with Crippen LogP contribution in [0.3, 0.4) is 0 Å². The van der Waals surface area contributed by atoms with E-state index in [1.807, 2.05) is 31.1 Å². The average Bonchev–Trinajstić information content (AvgIpc) is 2.40. The fraction of sp³-hybridized carbons (Fsp3) is 0.294. The summed E-state index contributed by atoms with van der Waals surface area (Å²) in [6.45, 7) is 5.11. The topological polar surface area (TPSA) is 15.3 Å². The molecule has 0 radical (unpaired) electrons. The van der Waals surface area contributed by atoms with Gasteiger partial charge in [-0.2, -0.15) is 0 Å². The van der Waals surface area contributed by atoms with Gasteiger partial charge in [-0.15, -0.1) is 0 Å². The van der Waals surface area contributed by atoms with Gasteiger partial charge in [-0.05, 0) is 48.7 Å². The molecule has 2 rings (SSSR count). The molecule has 0 bridgehead atoms. The minimum absolute atomic E-state index is 0.765. The molecule has 2 nitrogen and oxygen atoms in total. The summed E-state index contributed by atoms with van der Waals surface area (Å²) in [6.07, 6.45) is 0. The van der Waals surface area contributed by atoms with E-state index in [2.05, 4.69) is 43.4 Å². The van der Waals surface area contributed by atoms with E-state index in [1.165, 1.54) is 16.7 Å². The summed E-state index contributed by atoms with van der Waals surface area (Å²) in [7, 11) is 3.98. The van der Waals surface area contributed by atoms with Gasteiger partial charge in [0.25, 0.3) is 0 Å². The SMILES string of the molecule is Cc1cccc(CNc2ccc(N(C)C)c(Cl)c2)c1C. The van der Waals surface area contributed by atoms with Crippen molar-refractivity contribution >= 4 is 23.0 Å². The molecular formula is C17H21ClN2. The molecule has 0 saturated carbocycles. The first kappa shape index (κ1) is 14.7. The molecule has 3 heteroatoms. The molecule has 0 amide bonds. The molecule has 0 aliphatic rings. The van der Waals surface area contributed by atoms with Gasteiger partial charge >= 0.3 is 0 Å². The van der Waals surface area contributed by atoms with Crippen LogP contribution in [0.5, 0.6) is 0 Å². The Morgan fingerprint density at radius 3 is 2.50 bits per heavy atom. The van der Waals surface area contributed by atoms with Crippen LogP contribution in [0, 0.1) is 13.8 Å². The number of anilines is 2. The molecule has 106 valence electrons. The van der Waals surface area contributed by atoms with Crippen molar-refractivity contribution < 1.29 is 0 Å². The van der Waals surface area contributed by atoms with Crippen LogP contribution in [0.15, 0.2) is 36.4 Å². The number of hydrogen-bond acceptors (Lipinski definition) is 2. The zero-order valence-electron chi connectivity index (χ0n) is 12.5. The molecule has 2 aromatic carbocycles. The Kier molecular flexibility index (Phi) is 4.56. The van der Waals surface area contributed by atoms with E-state index in [-0.39, 0.29) is 0 Å². The first-order chi connectivity index (χ1) is 9.49. The first-order valence-corrected chi connectivity index (χ1v) is 7.12. The number of nitrogens with zero attached hydrogens (tertiary/aromatic N) is 1. The summed E-state index contributed by atoms with van der Waals surface area (Å²) in [5.41, 5.74) is 6.06. The lowest BCUT2D eigenvalue weighted by Crippen LogP contribution is -2.09. The number of halogens is 1. The van der Waals surface area contributed by atoms with Gasteiger partial charge in [-0.3, -0.25) is 0 Å². The van der Waals surface area contributed by atoms with E-state index in [9.17, 15) is 0 Å². The second-order valence-electron chi connectivity index (χ2n) is 5.27. The fourth-order valence-corrected chi connectivity index (χ4v) is 2.53. The quantitative estimate of drug-likeness (QED) is 0.882. The maximum absolute atomic E-state index is 6.28. The van der Waals surface area contributed by atoms with Gasteiger partial charge in [0, 0.05) is 26.3 Å². The van der Waals surface area contributed by atoms with Crippen LogP contribution < -0.4 is 10.2 Å². The van der Waals surface area contributed by atoms with Crippen molar-refractivity contribution in [2.24, 2.45) is 0 Å². The lowest BCUT2D eigenvalue weighted by molar-refractivity contribution is 1.10. The molecule has 0 aliphatic heterocycles. The third-order valence-corrected chi connectivity index (χ3v) is 3.93. The molecule has 0 atom stereocenters. The molecule has 0 saturated heterocycles. The Bertz CT molecular complexity index is 606. The predicted octanol–water partition coefficient (Wildman–Crippen LogP) is 4.63. The van der Waals surface area contributed by atoms with Crippen molar-refractivity contribution in [3.05, 3.63) is 58.1 Å². The van der Waals surface area contributed by atoms with Crippen LogP contribution >= 0.6 is 11.6 Å². The molecule has 1 N–H and O–H groups in total. The van der Waals surface area contributed by atoms with Crippen LogP contribution in [0.25, 0.3) is 0 Å². The molecule has 0 aliphatic carbocycles. The number of rotatable bonds is 4. The summed E-state index contributed by atoms with van der Waals surface area (Å²) in [5.74, 6) is 0. The average molecular weight is 289 g/mol. The van der Waals surface area contributed by atoms with Crippen molar-refractivity contribution in [1.29, 1.82) is 0 Å². The maximum atomic E-state index is 6.28. The van der Waals surface area contributed by atoms with Gasteiger partial charge in [0.15, 0.2) is 0 Å². The highest BCUT2D eigenvalue weighted by Crippen LogP contribution is 2.27. The number of benzene rings is 2. The van der Waals surface area contributed by atoms with E-state index in [0.717, 1.165) is 22.9 Å². The molecule has 2 aromatic rings. The van der Waals surface area contributed by atoms with Gasteiger partial charge in [0.1, 0.15) is 0 Å². The highest BCUT2D eigenvalue weighted by Gasteiger charge is 2.05. The molecule has 0 unspecified atom stereocenters. The highest BCUT2D eigenvalue weighted by molar-refractivity contribution is 6.33. The lowest BCUT2D eigenvalue weighted by atomic mass is 10.0. The minimum Gasteiger partial charge on any atom is -0.381 e. The second kappa shape index (κ2) is 6.19. The first-order valence-electron chi connectivity index (χ1n) is 6.75. The third kappa shape index (κ3) is 3.26. The summed E-state index contributed by atoms with van der Waals surface area (Å²) in [6, 6.07) is 12.5. The Hall–Kier alpha value is -1.67. The van der Waals surface area contributed by atoms with E-state index in [4.69, 9.17) is 11.6 Å². The van der Waals surface area contributed by atoms with Crippen LogP contribution in [-0.4, -0.2) is 14.1 Å². The maximum Gasteiger partial charge on any atom is 0.0659 e. The Labute approximate surface area is 126 Å². The van der Waals surface area contributed by atoms with Gasteiger partial charge < -0.3 is 10.2 Å². The van der Waals surface area contributed by atoms with Crippen LogP contribution in [-0.2, 0) is 6.54 Å². The van der Waals surface area contributed by atoms with Crippen LogP contribution in [0.4, 0.5) is 11.4 Å². The molecule has 0 heterocycles. The minimum atomic E-state index is 0.765. The molecular weight excluding hydrogens is 268 g/mol.